The van der Waals surface area contributed by atoms with Crippen LogP contribution in [0.15, 0.2) is 35.6 Å². The van der Waals surface area contributed by atoms with Gasteiger partial charge < -0.3 is 9.47 Å². The first kappa shape index (κ1) is 15.7. The van der Waals surface area contributed by atoms with E-state index in [1.165, 1.54) is 12.1 Å². The van der Waals surface area contributed by atoms with Crippen LogP contribution in [0.2, 0.25) is 0 Å². The summed E-state index contributed by atoms with van der Waals surface area (Å²) >= 11 is 0. The van der Waals surface area contributed by atoms with E-state index in [1.54, 1.807) is 12.1 Å². The smallest absolute Gasteiger partial charge is 0.269 e. The van der Waals surface area contributed by atoms with Gasteiger partial charge in [-0.05, 0) is 18.9 Å². The first-order chi connectivity index (χ1) is 11.1. The molecule has 1 aliphatic carbocycles. The van der Waals surface area contributed by atoms with Crippen molar-refractivity contribution in [3.8, 4) is 0 Å². The number of rotatable bonds is 4. The molecule has 1 aromatic carbocycles. The summed E-state index contributed by atoms with van der Waals surface area (Å²) in [4.78, 5) is 22.7. The van der Waals surface area contributed by atoms with E-state index in [4.69, 9.17) is 9.47 Å². The van der Waals surface area contributed by atoms with Gasteiger partial charge in [-0.3, -0.25) is 14.9 Å². The predicted octanol–water partition coefficient (Wildman–Crippen LogP) is 3.47. The minimum absolute atomic E-state index is 0.0475. The third-order valence-corrected chi connectivity index (χ3v) is 4.32. The van der Waals surface area contributed by atoms with E-state index >= 15 is 0 Å². The number of Topliss-reactive ketones (excluding diaryl/α,β-unsaturated/α-hetero) is 1. The number of nitrogens with zero attached hydrogens (tertiary/aromatic N) is 1. The highest BCUT2D eigenvalue weighted by Gasteiger charge is 2.37. The Bertz CT molecular complexity index is 649. The maximum atomic E-state index is 12.4. The number of nitro benzene ring substituents is 1. The first-order valence-electron chi connectivity index (χ1n) is 7.89. The highest BCUT2D eigenvalue weighted by molar-refractivity contribution is 5.98. The van der Waals surface area contributed by atoms with Crippen LogP contribution in [0.5, 0.6) is 0 Å². The molecule has 1 aliphatic heterocycles. The lowest BCUT2D eigenvalue weighted by molar-refractivity contribution is -0.384. The molecule has 3 rings (SSSR count). The van der Waals surface area contributed by atoms with Crippen molar-refractivity contribution >= 4 is 11.5 Å². The fourth-order valence-corrected chi connectivity index (χ4v) is 3.28. The van der Waals surface area contributed by atoms with E-state index in [0.717, 1.165) is 29.7 Å². The molecular weight excluding hydrogens is 298 g/mol. The van der Waals surface area contributed by atoms with Crippen molar-refractivity contribution in [2.45, 2.75) is 44.8 Å². The Hall–Kier alpha value is -2.21. The standard InChI is InChI=1S/C17H19NO5/c1-2-22-16-10-13(11-6-8-12(9-7-11)18(20)21)17-14(19)4-3-5-15(17)23-16/h6-9,13,16H,2-5,10H2,1H3. The Morgan fingerprint density at radius 1 is 1.30 bits per heavy atom. The van der Waals surface area contributed by atoms with Gasteiger partial charge in [0.2, 0.25) is 0 Å². The predicted molar refractivity (Wildman–Crippen MR) is 82.8 cm³/mol. The van der Waals surface area contributed by atoms with E-state index in [1.807, 2.05) is 6.92 Å². The second kappa shape index (κ2) is 6.50. The molecule has 122 valence electrons. The molecule has 0 amide bonds. The summed E-state index contributed by atoms with van der Waals surface area (Å²) in [5, 5.41) is 10.8. The highest BCUT2D eigenvalue weighted by Crippen LogP contribution is 2.42. The topological polar surface area (TPSA) is 78.7 Å². The van der Waals surface area contributed by atoms with Crippen molar-refractivity contribution in [2.24, 2.45) is 0 Å². The normalized spacial score (nSPS) is 24.1. The van der Waals surface area contributed by atoms with Crippen molar-refractivity contribution in [1.29, 1.82) is 0 Å². The van der Waals surface area contributed by atoms with Crippen molar-refractivity contribution in [3.05, 3.63) is 51.3 Å². The Kier molecular flexibility index (Phi) is 4.43. The molecule has 0 saturated carbocycles. The van der Waals surface area contributed by atoms with Crippen LogP contribution >= 0.6 is 0 Å². The number of ketones is 1. The third kappa shape index (κ3) is 3.12. The van der Waals surface area contributed by atoms with Gasteiger partial charge in [-0.1, -0.05) is 12.1 Å². The number of non-ortho nitro benzene ring substituents is 1. The molecule has 2 unspecified atom stereocenters. The largest absolute Gasteiger partial charge is 0.469 e. The average molecular weight is 317 g/mol. The van der Waals surface area contributed by atoms with Crippen LogP contribution in [0.1, 0.15) is 44.1 Å². The summed E-state index contributed by atoms with van der Waals surface area (Å²) in [5.41, 5.74) is 1.67. The molecule has 6 nitrogen and oxygen atoms in total. The van der Waals surface area contributed by atoms with Gasteiger partial charge in [0.15, 0.2) is 12.1 Å². The zero-order chi connectivity index (χ0) is 16.4. The summed E-state index contributed by atoms with van der Waals surface area (Å²) < 4.78 is 11.4. The van der Waals surface area contributed by atoms with Gasteiger partial charge in [0.05, 0.1) is 4.92 Å². The number of allylic oxidation sites excluding steroid dienone is 2. The van der Waals surface area contributed by atoms with E-state index in [9.17, 15) is 14.9 Å². The second-order valence-electron chi connectivity index (χ2n) is 5.75. The van der Waals surface area contributed by atoms with Gasteiger partial charge >= 0.3 is 0 Å². The Morgan fingerprint density at radius 2 is 2.04 bits per heavy atom. The van der Waals surface area contributed by atoms with Gasteiger partial charge in [0.1, 0.15) is 5.76 Å². The van der Waals surface area contributed by atoms with Crippen LogP contribution in [0.4, 0.5) is 5.69 Å². The second-order valence-corrected chi connectivity index (χ2v) is 5.75. The number of hydrogen-bond donors (Lipinski definition) is 0. The average Bonchev–Trinajstić information content (AvgIpc) is 2.55. The quantitative estimate of drug-likeness (QED) is 0.627. The number of ether oxygens (including phenoxy) is 2. The fourth-order valence-electron chi connectivity index (χ4n) is 3.28. The lowest BCUT2D eigenvalue weighted by Crippen LogP contribution is -2.31. The fraction of sp³-hybridized carbons (Fsp3) is 0.471. The van der Waals surface area contributed by atoms with Crippen LogP contribution in [-0.2, 0) is 14.3 Å². The summed E-state index contributed by atoms with van der Waals surface area (Å²) in [6, 6.07) is 6.41. The maximum Gasteiger partial charge on any atom is 0.269 e. The van der Waals surface area contributed by atoms with E-state index in [2.05, 4.69) is 0 Å². The molecule has 2 atom stereocenters. The lowest BCUT2D eigenvalue weighted by atomic mass is 9.79. The number of hydrogen-bond acceptors (Lipinski definition) is 5. The van der Waals surface area contributed by atoms with Crippen LogP contribution in [-0.4, -0.2) is 23.6 Å². The van der Waals surface area contributed by atoms with E-state index in [0.29, 0.717) is 19.4 Å². The first-order valence-corrected chi connectivity index (χ1v) is 7.89. The maximum absolute atomic E-state index is 12.4. The third-order valence-electron chi connectivity index (χ3n) is 4.32. The molecule has 0 spiro atoms. The number of carbonyl (C=O) groups excluding carboxylic acids is 1. The molecule has 0 N–H and O–H groups in total. The minimum atomic E-state index is -0.423. The molecule has 0 saturated heterocycles. The van der Waals surface area contributed by atoms with Crippen molar-refractivity contribution in [3.63, 3.8) is 0 Å². The van der Waals surface area contributed by atoms with Crippen LogP contribution in [0.25, 0.3) is 0 Å². The molecule has 0 aromatic heterocycles. The summed E-state index contributed by atoms with van der Waals surface area (Å²) in [5.74, 6) is 0.725. The summed E-state index contributed by atoms with van der Waals surface area (Å²) in [7, 11) is 0. The van der Waals surface area contributed by atoms with Crippen molar-refractivity contribution in [2.75, 3.05) is 6.61 Å². The van der Waals surface area contributed by atoms with E-state index < -0.39 is 4.92 Å². The Morgan fingerprint density at radius 3 is 2.70 bits per heavy atom. The van der Waals surface area contributed by atoms with Crippen molar-refractivity contribution in [1.82, 2.24) is 0 Å². The lowest BCUT2D eigenvalue weighted by Gasteiger charge is -2.35. The molecular formula is C17H19NO5. The molecule has 2 aliphatic rings. The zero-order valence-corrected chi connectivity index (χ0v) is 13.0. The Balaban J connectivity index is 1.96. The van der Waals surface area contributed by atoms with Gasteiger partial charge in [0.25, 0.3) is 5.69 Å². The molecule has 0 bridgehead atoms. The van der Waals surface area contributed by atoms with Crippen LogP contribution in [0.3, 0.4) is 0 Å². The number of carbonyl (C=O) groups is 1. The van der Waals surface area contributed by atoms with Crippen LogP contribution < -0.4 is 0 Å². The molecule has 1 heterocycles. The van der Waals surface area contributed by atoms with Gasteiger partial charge in [-0.2, -0.15) is 0 Å². The number of nitro groups is 1. The highest BCUT2D eigenvalue weighted by atomic mass is 16.7. The number of benzene rings is 1. The molecule has 0 radical (unpaired) electrons. The Labute approximate surface area is 134 Å². The summed E-state index contributed by atoms with van der Waals surface area (Å²) in [6.07, 6.45) is 2.25. The monoisotopic (exact) mass is 317 g/mol. The van der Waals surface area contributed by atoms with Crippen molar-refractivity contribution < 1.29 is 19.2 Å². The molecule has 0 fully saturated rings. The van der Waals surface area contributed by atoms with Gasteiger partial charge in [-0.15, -0.1) is 0 Å². The van der Waals surface area contributed by atoms with Gasteiger partial charge in [-0.25, -0.2) is 0 Å². The molecule has 1 aromatic rings. The minimum Gasteiger partial charge on any atom is -0.469 e. The van der Waals surface area contributed by atoms with E-state index in [-0.39, 0.29) is 23.7 Å². The summed E-state index contributed by atoms with van der Waals surface area (Å²) in [6.45, 7) is 2.44. The molecule has 6 heteroatoms. The zero-order valence-electron chi connectivity index (χ0n) is 13.0. The van der Waals surface area contributed by atoms with Crippen LogP contribution in [0, 0.1) is 10.1 Å². The van der Waals surface area contributed by atoms with Gasteiger partial charge in [0, 0.05) is 49.5 Å². The molecule has 23 heavy (non-hydrogen) atoms. The SMILES string of the molecule is CCOC1CC(c2ccc([N+](=O)[O-])cc2)C2=C(CCCC2=O)O1.